The molecule has 3 nitrogen and oxygen atoms in total. The van der Waals surface area contributed by atoms with Crippen molar-refractivity contribution in [1.82, 2.24) is 0 Å². The van der Waals surface area contributed by atoms with E-state index >= 15 is 0 Å². The Morgan fingerprint density at radius 1 is 1.10 bits per heavy atom. The Bertz CT molecular complexity index is 660. The second-order valence-corrected chi connectivity index (χ2v) is 5.09. The third kappa shape index (κ3) is 2.76. The van der Waals surface area contributed by atoms with E-state index in [0.717, 1.165) is 5.56 Å². The quantitative estimate of drug-likeness (QED) is 0.804. The van der Waals surface area contributed by atoms with Crippen LogP contribution in [0, 0.1) is 5.82 Å². The third-order valence-corrected chi connectivity index (χ3v) is 3.83. The first-order chi connectivity index (χ1) is 10.2. The average Bonchev–Trinajstić information content (AvgIpc) is 2.53. The molecule has 0 saturated heterocycles. The standard InChI is InChI=1S/C16H14ClFO3/c1-19-11-3-4-12(13(18)9-11)16(17)10-2-5-14-15(8-10)21-7-6-20-14/h2-5,8-9,16H,6-7H2,1H3. The van der Waals surface area contributed by atoms with E-state index in [1.54, 1.807) is 24.3 Å². The molecule has 0 amide bonds. The summed E-state index contributed by atoms with van der Waals surface area (Å²) in [7, 11) is 1.49. The molecule has 0 aromatic heterocycles. The number of fused-ring (bicyclic) bond motifs is 1. The molecule has 0 radical (unpaired) electrons. The second kappa shape index (κ2) is 5.82. The monoisotopic (exact) mass is 308 g/mol. The Labute approximate surface area is 127 Å². The number of halogens is 2. The van der Waals surface area contributed by atoms with Gasteiger partial charge in [-0.25, -0.2) is 4.39 Å². The van der Waals surface area contributed by atoms with Gasteiger partial charge < -0.3 is 14.2 Å². The first-order valence-corrected chi connectivity index (χ1v) is 7.00. The molecule has 110 valence electrons. The minimum Gasteiger partial charge on any atom is -0.497 e. The molecule has 1 aliphatic heterocycles. The Morgan fingerprint density at radius 3 is 2.57 bits per heavy atom. The lowest BCUT2D eigenvalue weighted by molar-refractivity contribution is 0.171. The van der Waals surface area contributed by atoms with Crippen LogP contribution in [0.5, 0.6) is 17.2 Å². The topological polar surface area (TPSA) is 27.7 Å². The molecule has 5 heteroatoms. The number of hydrogen-bond acceptors (Lipinski definition) is 3. The predicted octanol–water partition coefficient (Wildman–Crippen LogP) is 3.93. The number of ether oxygens (including phenoxy) is 3. The third-order valence-electron chi connectivity index (χ3n) is 3.34. The van der Waals surface area contributed by atoms with Crippen LogP contribution in [0.3, 0.4) is 0 Å². The van der Waals surface area contributed by atoms with E-state index in [1.807, 2.05) is 6.07 Å². The lowest BCUT2D eigenvalue weighted by atomic mass is 10.0. The van der Waals surface area contributed by atoms with Crippen LogP contribution in [-0.4, -0.2) is 20.3 Å². The van der Waals surface area contributed by atoms with Gasteiger partial charge in [0.05, 0.1) is 12.5 Å². The molecule has 0 spiro atoms. The summed E-state index contributed by atoms with van der Waals surface area (Å²) in [6, 6.07) is 10.0. The van der Waals surface area contributed by atoms with Gasteiger partial charge in [-0.15, -0.1) is 11.6 Å². The van der Waals surface area contributed by atoms with Gasteiger partial charge in [-0.1, -0.05) is 12.1 Å². The molecule has 3 rings (SSSR count). The zero-order chi connectivity index (χ0) is 14.8. The smallest absolute Gasteiger partial charge is 0.161 e. The number of benzene rings is 2. The lowest BCUT2D eigenvalue weighted by Crippen LogP contribution is -2.15. The van der Waals surface area contributed by atoms with Crippen molar-refractivity contribution in [1.29, 1.82) is 0 Å². The normalized spacial score (nSPS) is 14.6. The highest BCUT2D eigenvalue weighted by atomic mass is 35.5. The Morgan fingerprint density at radius 2 is 1.86 bits per heavy atom. The summed E-state index contributed by atoms with van der Waals surface area (Å²) >= 11 is 6.40. The molecule has 0 N–H and O–H groups in total. The van der Waals surface area contributed by atoms with Crippen LogP contribution in [-0.2, 0) is 0 Å². The molecule has 0 bridgehead atoms. The number of methoxy groups -OCH3 is 1. The van der Waals surface area contributed by atoms with Gasteiger partial charge in [-0.05, 0) is 23.8 Å². The van der Waals surface area contributed by atoms with E-state index in [0.29, 0.717) is 36.0 Å². The maximum atomic E-state index is 14.1. The molecular weight excluding hydrogens is 295 g/mol. The van der Waals surface area contributed by atoms with E-state index in [2.05, 4.69) is 0 Å². The van der Waals surface area contributed by atoms with Crippen molar-refractivity contribution >= 4 is 11.6 Å². The fourth-order valence-corrected chi connectivity index (χ4v) is 2.55. The molecule has 1 aliphatic rings. The molecule has 2 aromatic rings. The fraction of sp³-hybridized carbons (Fsp3) is 0.250. The molecule has 0 aliphatic carbocycles. The predicted molar refractivity (Wildman–Crippen MR) is 78.1 cm³/mol. The summed E-state index contributed by atoms with van der Waals surface area (Å²) in [4.78, 5) is 0. The van der Waals surface area contributed by atoms with Crippen molar-refractivity contribution in [3.05, 3.63) is 53.3 Å². The van der Waals surface area contributed by atoms with Crippen molar-refractivity contribution in [3.63, 3.8) is 0 Å². The van der Waals surface area contributed by atoms with Crippen LogP contribution < -0.4 is 14.2 Å². The number of alkyl halides is 1. The van der Waals surface area contributed by atoms with Gasteiger partial charge in [0.25, 0.3) is 0 Å². The van der Waals surface area contributed by atoms with Crippen molar-refractivity contribution in [2.45, 2.75) is 5.38 Å². The first-order valence-electron chi connectivity index (χ1n) is 6.56. The fourth-order valence-electron chi connectivity index (χ4n) is 2.24. The minimum absolute atomic E-state index is 0.397. The van der Waals surface area contributed by atoms with Crippen LogP contribution in [0.2, 0.25) is 0 Å². The van der Waals surface area contributed by atoms with E-state index in [9.17, 15) is 4.39 Å². The molecule has 1 unspecified atom stereocenters. The summed E-state index contributed by atoms with van der Waals surface area (Å²) in [5, 5.41) is -0.605. The largest absolute Gasteiger partial charge is 0.497 e. The van der Waals surface area contributed by atoms with E-state index in [1.165, 1.54) is 13.2 Å². The van der Waals surface area contributed by atoms with Gasteiger partial charge in [0, 0.05) is 11.6 Å². The van der Waals surface area contributed by atoms with Crippen molar-refractivity contribution in [2.75, 3.05) is 20.3 Å². The molecule has 1 heterocycles. The molecule has 2 aromatic carbocycles. The molecule has 21 heavy (non-hydrogen) atoms. The van der Waals surface area contributed by atoms with Crippen LogP contribution in [0.1, 0.15) is 16.5 Å². The van der Waals surface area contributed by atoms with Crippen LogP contribution in [0.15, 0.2) is 36.4 Å². The Kier molecular flexibility index (Phi) is 3.88. The number of rotatable bonds is 3. The highest BCUT2D eigenvalue weighted by Crippen LogP contribution is 2.38. The molecule has 0 saturated carbocycles. The van der Waals surface area contributed by atoms with Gasteiger partial charge in [0.2, 0.25) is 0 Å². The SMILES string of the molecule is COc1ccc(C(Cl)c2ccc3c(c2)OCCO3)c(F)c1. The molecular formula is C16H14ClFO3. The first kappa shape index (κ1) is 14.0. The highest BCUT2D eigenvalue weighted by Gasteiger charge is 2.19. The number of hydrogen-bond donors (Lipinski definition) is 0. The second-order valence-electron chi connectivity index (χ2n) is 4.65. The van der Waals surface area contributed by atoms with E-state index in [4.69, 9.17) is 25.8 Å². The lowest BCUT2D eigenvalue weighted by Gasteiger charge is -2.20. The summed E-state index contributed by atoms with van der Waals surface area (Å²) in [6.45, 7) is 1.03. The van der Waals surface area contributed by atoms with Gasteiger partial charge in [-0.3, -0.25) is 0 Å². The van der Waals surface area contributed by atoms with Crippen LogP contribution in [0.25, 0.3) is 0 Å². The van der Waals surface area contributed by atoms with Gasteiger partial charge in [0.15, 0.2) is 11.5 Å². The highest BCUT2D eigenvalue weighted by molar-refractivity contribution is 6.22. The summed E-state index contributed by atoms with van der Waals surface area (Å²) in [6.07, 6.45) is 0. The van der Waals surface area contributed by atoms with Crippen molar-refractivity contribution < 1.29 is 18.6 Å². The summed E-state index contributed by atoms with van der Waals surface area (Å²) < 4.78 is 30.1. The van der Waals surface area contributed by atoms with Gasteiger partial charge in [-0.2, -0.15) is 0 Å². The average molecular weight is 309 g/mol. The zero-order valence-corrected chi connectivity index (χ0v) is 12.2. The van der Waals surface area contributed by atoms with Gasteiger partial charge >= 0.3 is 0 Å². The molecule has 0 fully saturated rings. The Hall–Kier alpha value is -1.94. The van der Waals surface area contributed by atoms with Crippen molar-refractivity contribution in [2.24, 2.45) is 0 Å². The van der Waals surface area contributed by atoms with Crippen LogP contribution >= 0.6 is 11.6 Å². The van der Waals surface area contributed by atoms with Crippen molar-refractivity contribution in [3.8, 4) is 17.2 Å². The minimum atomic E-state index is -0.605. The summed E-state index contributed by atoms with van der Waals surface area (Å²) in [5.74, 6) is 1.38. The van der Waals surface area contributed by atoms with E-state index < -0.39 is 11.2 Å². The summed E-state index contributed by atoms with van der Waals surface area (Å²) in [5.41, 5.74) is 1.15. The Balaban J connectivity index is 1.93. The van der Waals surface area contributed by atoms with Crippen LogP contribution in [0.4, 0.5) is 4.39 Å². The van der Waals surface area contributed by atoms with E-state index in [-0.39, 0.29) is 0 Å². The molecule has 1 atom stereocenters. The maximum absolute atomic E-state index is 14.1. The van der Waals surface area contributed by atoms with Gasteiger partial charge in [0.1, 0.15) is 24.8 Å². The maximum Gasteiger partial charge on any atom is 0.161 e. The zero-order valence-electron chi connectivity index (χ0n) is 11.4.